The number of aliphatic hydroxyl groups excluding tert-OH is 1. The number of carbonyl (C=O) groups is 4. The number of rotatable bonds is 12. The van der Waals surface area contributed by atoms with Crippen molar-refractivity contribution in [2.45, 2.75) is 140 Å². The van der Waals surface area contributed by atoms with Gasteiger partial charge in [-0.3, -0.25) is 4.79 Å². The number of fused-ring (bicyclic) bond motifs is 5. The third kappa shape index (κ3) is 7.63. The molecule has 10 nitrogen and oxygen atoms in total. The molecule has 0 spiro atoms. The minimum absolute atomic E-state index is 0.00700. The van der Waals surface area contributed by atoms with Gasteiger partial charge in [0.15, 0.2) is 5.78 Å². The number of aliphatic hydroxyl groups is 1. The van der Waals surface area contributed by atoms with E-state index in [1.165, 1.54) is 23.9 Å². The molecular formula is C38H56FN2O8SSe. The quantitative estimate of drug-likeness (QED) is 0.256. The van der Waals surface area contributed by atoms with Gasteiger partial charge in [0, 0.05) is 5.41 Å². The minimum atomic E-state index is -2.06. The van der Waals surface area contributed by atoms with Crippen LogP contribution in [0.5, 0.6) is 0 Å². The second-order valence-electron chi connectivity index (χ2n) is 16.0. The van der Waals surface area contributed by atoms with Crippen LogP contribution in [0.3, 0.4) is 0 Å². The van der Waals surface area contributed by atoms with Crippen LogP contribution in [-0.4, -0.2) is 115 Å². The first kappa shape index (κ1) is 40.4. The first-order valence-electron chi connectivity index (χ1n) is 18.7. The number of nitrogens with zero attached hydrogens (tertiary/aromatic N) is 1. The summed E-state index contributed by atoms with van der Waals surface area (Å²) in [5.41, 5.74) is -4.62. The molecule has 1 unspecified atom stereocenters. The van der Waals surface area contributed by atoms with Crippen molar-refractivity contribution in [3.8, 4) is 0 Å². The van der Waals surface area contributed by atoms with Gasteiger partial charge in [-0.2, -0.15) is 0 Å². The Morgan fingerprint density at radius 2 is 1.82 bits per heavy atom. The van der Waals surface area contributed by atoms with E-state index in [9.17, 15) is 24.3 Å². The van der Waals surface area contributed by atoms with Gasteiger partial charge in [0.05, 0.1) is 6.10 Å². The number of ether oxygens (including phenoxy) is 3. The molecule has 0 heterocycles. The Morgan fingerprint density at radius 1 is 1.12 bits per heavy atom. The fourth-order valence-electron chi connectivity index (χ4n) is 9.47. The van der Waals surface area contributed by atoms with Gasteiger partial charge in [-0.25, -0.2) is 4.39 Å². The van der Waals surface area contributed by atoms with E-state index >= 15 is 4.39 Å². The van der Waals surface area contributed by atoms with Gasteiger partial charge in [-0.1, -0.05) is 11.6 Å². The summed E-state index contributed by atoms with van der Waals surface area (Å²) in [7, 11) is 0. The number of alkyl halides is 1. The maximum atomic E-state index is 18.1. The van der Waals surface area contributed by atoms with Crippen molar-refractivity contribution in [3.05, 3.63) is 23.8 Å². The predicted octanol–water partition coefficient (Wildman–Crippen LogP) is 5.20. The van der Waals surface area contributed by atoms with E-state index in [-0.39, 0.29) is 59.9 Å². The van der Waals surface area contributed by atoms with Crippen molar-refractivity contribution in [3.63, 3.8) is 0 Å². The van der Waals surface area contributed by atoms with Gasteiger partial charge < -0.3 is 5.11 Å². The van der Waals surface area contributed by atoms with Crippen LogP contribution < -0.4 is 5.32 Å². The molecule has 0 aromatic rings. The van der Waals surface area contributed by atoms with Crippen LogP contribution in [0, 0.1) is 23.2 Å². The monoisotopic (exact) mass is 799 g/mol. The molecule has 51 heavy (non-hydrogen) atoms. The van der Waals surface area contributed by atoms with Crippen LogP contribution in [0.25, 0.3) is 0 Å². The van der Waals surface area contributed by atoms with Crippen LogP contribution in [0.4, 0.5) is 9.18 Å². The Bertz CT molecular complexity index is 1400. The maximum absolute atomic E-state index is 18.1. The summed E-state index contributed by atoms with van der Waals surface area (Å²) >= 11 is 4.12. The number of amides is 2. The molecule has 5 aliphatic carbocycles. The van der Waals surface area contributed by atoms with Crippen LogP contribution in [-0.2, 0) is 28.6 Å². The average molecular weight is 799 g/mol. The molecule has 2 N–H and O–H groups in total. The fraction of sp³-hybridized carbons (Fsp3) is 0.789. The summed E-state index contributed by atoms with van der Waals surface area (Å²) in [5.74, 6) is -1.79. The zero-order valence-electron chi connectivity index (χ0n) is 30.9. The van der Waals surface area contributed by atoms with Crippen molar-refractivity contribution in [2.75, 3.05) is 24.7 Å². The number of carbonyl (C=O) groups excluding carboxylic acids is 4. The van der Waals surface area contributed by atoms with Gasteiger partial charge in [-0.05, 0) is 25.5 Å². The van der Waals surface area contributed by atoms with Crippen molar-refractivity contribution in [1.82, 2.24) is 9.23 Å². The van der Waals surface area contributed by atoms with E-state index < -0.39 is 52.5 Å². The number of thioether (sulfide) groups is 1. The standard InChI is InChI=1S/C38H56FN2O8SSe/c1-7-47-32-20-26-27(13-10-14-30(43)38(39)28(26)16-15-23-19-25(42)17-18-36(23,38)6)37(32,48-8-2)31(44)22-50-21-29(40-34(46)49-35(3,4)5)33(45)41(51)24-11-9-12-24/h17-19,24,26-30,32,43H,7-16,20-22H2,1-6H3,(H,40,46)/t26-,27-,28+,29?,30+,32-,36+,37-,38+/m1/s1. The van der Waals surface area contributed by atoms with E-state index in [2.05, 4.69) is 21.5 Å². The Kier molecular flexibility index (Phi) is 12.6. The van der Waals surface area contributed by atoms with Gasteiger partial charge in [0.1, 0.15) is 0 Å². The van der Waals surface area contributed by atoms with E-state index in [0.717, 1.165) is 19.3 Å². The number of ketones is 2. The number of hydrogen-bond acceptors (Lipinski definition) is 9. The Hall–Kier alpha value is -1.76. The summed E-state index contributed by atoms with van der Waals surface area (Å²) in [6.45, 7) is 11.3. The van der Waals surface area contributed by atoms with Gasteiger partial charge in [-0.15, -0.1) is 0 Å². The molecule has 9 atom stereocenters. The number of Topliss-reactive ketones (excluding diaryl/α,β-unsaturated/α-hetero) is 1. The van der Waals surface area contributed by atoms with Crippen molar-refractivity contribution < 1.29 is 42.9 Å². The molecule has 0 aromatic heterocycles. The number of hydrogen-bond donors (Lipinski definition) is 2. The van der Waals surface area contributed by atoms with Crippen molar-refractivity contribution in [2.24, 2.45) is 23.2 Å². The molecule has 0 bridgehead atoms. The van der Waals surface area contributed by atoms with E-state index in [1.54, 1.807) is 37.7 Å². The third-order valence-electron chi connectivity index (χ3n) is 12.0. The molecule has 1 radical (unpaired) electrons. The summed E-state index contributed by atoms with van der Waals surface area (Å²) < 4.78 is 38.1. The number of alkyl carbamates (subject to hydrolysis) is 1. The van der Waals surface area contributed by atoms with Gasteiger partial charge in [0.25, 0.3) is 0 Å². The summed E-state index contributed by atoms with van der Waals surface area (Å²) in [5, 5.41) is 14.3. The molecule has 4 saturated carbocycles. The fourth-order valence-corrected chi connectivity index (χ4v) is 11.2. The second kappa shape index (κ2) is 15.9. The van der Waals surface area contributed by atoms with Crippen LogP contribution >= 0.6 is 11.8 Å². The molecule has 4 fully saturated rings. The third-order valence-corrected chi connectivity index (χ3v) is 14.0. The topological polar surface area (TPSA) is 131 Å². The molecule has 0 aromatic carbocycles. The Balaban J connectivity index is 1.42. The SMILES string of the molecule is CCO[C@@H]1C[C@@H]2[C@@H](CCC[C@H](O)[C@@]3(F)[C@H]2CCC2=CC(=O)C=C[C@@]23C)[C@@]1(OCC)C(=O)CSCC(NC(=O)OC(C)(C)C)C(=O)N([Se])C1CCC1. The van der Waals surface area contributed by atoms with Crippen molar-refractivity contribution in [1.29, 1.82) is 0 Å². The number of halogens is 1. The van der Waals surface area contributed by atoms with E-state index in [1.807, 2.05) is 13.8 Å². The van der Waals surface area contributed by atoms with Crippen LogP contribution in [0.15, 0.2) is 23.8 Å². The van der Waals surface area contributed by atoms with Crippen molar-refractivity contribution >= 4 is 51.6 Å². The zero-order chi connectivity index (χ0) is 37.4. The molecule has 2 amide bonds. The zero-order valence-corrected chi connectivity index (χ0v) is 33.4. The first-order chi connectivity index (χ1) is 24.0. The molecule has 13 heteroatoms. The molecule has 5 aliphatic rings. The molecule has 0 aliphatic heterocycles. The normalized spacial score (nSPS) is 35.6. The molecule has 5 rings (SSSR count). The molecule has 285 valence electrons. The summed E-state index contributed by atoms with van der Waals surface area (Å²) in [6, 6.07) is -0.869. The number of allylic oxidation sites excluding steroid dienone is 4. The van der Waals surface area contributed by atoms with Crippen LogP contribution in [0.2, 0.25) is 0 Å². The Morgan fingerprint density at radius 3 is 2.45 bits per heavy atom. The predicted molar refractivity (Wildman–Crippen MR) is 194 cm³/mol. The van der Waals surface area contributed by atoms with Crippen LogP contribution in [0.1, 0.15) is 99.3 Å². The molecule has 0 saturated heterocycles. The van der Waals surface area contributed by atoms with Gasteiger partial charge in [0.2, 0.25) is 0 Å². The number of nitrogens with one attached hydrogen (secondary N) is 1. The average Bonchev–Trinajstić information content (AvgIpc) is 3.32. The van der Waals surface area contributed by atoms with Gasteiger partial charge >= 0.3 is 247 Å². The van der Waals surface area contributed by atoms with E-state index in [0.29, 0.717) is 44.3 Å². The Labute approximate surface area is 314 Å². The second-order valence-corrected chi connectivity index (χ2v) is 17.9. The molecular weight excluding hydrogens is 742 g/mol. The van der Waals surface area contributed by atoms with E-state index in [4.69, 9.17) is 14.2 Å². The first-order valence-corrected chi connectivity index (χ1v) is 20.6. The summed E-state index contributed by atoms with van der Waals surface area (Å²) in [4.78, 5) is 53.5. The summed E-state index contributed by atoms with van der Waals surface area (Å²) in [6.07, 6.45) is 7.44.